The molecule has 5 nitrogen and oxygen atoms in total. The van der Waals surface area contributed by atoms with Crippen molar-refractivity contribution in [2.75, 3.05) is 11.9 Å². The molecule has 1 aromatic carbocycles. The van der Waals surface area contributed by atoms with Gasteiger partial charge in [-0.1, -0.05) is 18.2 Å². The molecule has 0 spiro atoms. The standard InChI is InChI=1S/C15H13BrN4O/c1-2-17-14-12(16)15(20-9-19-14)21-11-7-3-5-10-6-4-8-18-13(10)11/h3-9H,2H2,1H3,(H,17,19,20). The van der Waals surface area contributed by atoms with E-state index in [2.05, 4.69) is 36.2 Å². The largest absolute Gasteiger partial charge is 0.435 e. The van der Waals surface area contributed by atoms with Gasteiger partial charge < -0.3 is 10.1 Å². The molecule has 0 aliphatic heterocycles. The van der Waals surface area contributed by atoms with E-state index in [1.54, 1.807) is 6.20 Å². The lowest BCUT2D eigenvalue weighted by molar-refractivity contribution is 0.462. The van der Waals surface area contributed by atoms with Crippen LogP contribution in [0.15, 0.2) is 47.3 Å². The number of ether oxygens (including phenoxy) is 1. The van der Waals surface area contributed by atoms with Crippen LogP contribution in [0.3, 0.4) is 0 Å². The van der Waals surface area contributed by atoms with Gasteiger partial charge in [0.25, 0.3) is 0 Å². The van der Waals surface area contributed by atoms with Gasteiger partial charge in [-0.05, 0) is 35.0 Å². The van der Waals surface area contributed by atoms with Crippen molar-refractivity contribution in [3.63, 3.8) is 0 Å². The molecule has 0 bridgehead atoms. The number of nitrogens with zero attached hydrogens (tertiary/aromatic N) is 3. The van der Waals surface area contributed by atoms with Gasteiger partial charge >= 0.3 is 0 Å². The Labute approximate surface area is 130 Å². The number of benzene rings is 1. The van der Waals surface area contributed by atoms with Gasteiger partial charge in [-0.15, -0.1) is 0 Å². The summed E-state index contributed by atoms with van der Waals surface area (Å²) in [5.74, 6) is 1.82. The van der Waals surface area contributed by atoms with Gasteiger partial charge in [0.1, 0.15) is 22.1 Å². The maximum Gasteiger partial charge on any atom is 0.238 e. The molecule has 0 amide bonds. The Hall–Kier alpha value is -2.21. The van der Waals surface area contributed by atoms with Crippen molar-refractivity contribution >= 4 is 32.7 Å². The molecule has 21 heavy (non-hydrogen) atoms. The molecule has 3 aromatic rings. The first-order valence-electron chi connectivity index (χ1n) is 6.55. The molecule has 0 aliphatic carbocycles. The first kappa shape index (κ1) is 13.8. The first-order valence-corrected chi connectivity index (χ1v) is 7.35. The third-order valence-electron chi connectivity index (χ3n) is 2.90. The van der Waals surface area contributed by atoms with Crippen molar-refractivity contribution in [1.82, 2.24) is 15.0 Å². The molecule has 0 atom stereocenters. The van der Waals surface area contributed by atoms with Gasteiger partial charge in [0.05, 0.1) is 0 Å². The fraction of sp³-hybridized carbons (Fsp3) is 0.133. The summed E-state index contributed by atoms with van der Waals surface area (Å²) in [6.45, 7) is 2.77. The fourth-order valence-corrected chi connectivity index (χ4v) is 2.40. The number of nitrogens with one attached hydrogen (secondary N) is 1. The van der Waals surface area contributed by atoms with Gasteiger partial charge in [-0.25, -0.2) is 9.97 Å². The summed E-state index contributed by atoms with van der Waals surface area (Å²) in [6, 6.07) is 9.69. The van der Waals surface area contributed by atoms with Crippen LogP contribution in [0.5, 0.6) is 11.6 Å². The minimum atomic E-state index is 0.458. The molecule has 0 saturated carbocycles. The van der Waals surface area contributed by atoms with E-state index >= 15 is 0 Å². The van der Waals surface area contributed by atoms with E-state index in [1.807, 2.05) is 37.3 Å². The van der Waals surface area contributed by atoms with Crippen LogP contribution in [0.4, 0.5) is 5.82 Å². The van der Waals surface area contributed by atoms with Crippen LogP contribution < -0.4 is 10.1 Å². The van der Waals surface area contributed by atoms with Gasteiger partial charge in [0.2, 0.25) is 5.88 Å². The second kappa shape index (κ2) is 6.05. The predicted molar refractivity (Wildman–Crippen MR) is 85.7 cm³/mol. The minimum absolute atomic E-state index is 0.458. The van der Waals surface area contributed by atoms with Crippen molar-refractivity contribution in [1.29, 1.82) is 0 Å². The summed E-state index contributed by atoms with van der Waals surface area (Å²) < 4.78 is 6.60. The predicted octanol–water partition coefficient (Wildman–Crippen LogP) is 4.01. The maximum absolute atomic E-state index is 5.91. The topological polar surface area (TPSA) is 59.9 Å². The van der Waals surface area contributed by atoms with E-state index < -0.39 is 0 Å². The van der Waals surface area contributed by atoms with Gasteiger partial charge in [-0.2, -0.15) is 0 Å². The molecule has 0 unspecified atom stereocenters. The molecule has 0 fully saturated rings. The first-order chi connectivity index (χ1) is 10.3. The number of para-hydroxylation sites is 1. The zero-order chi connectivity index (χ0) is 14.7. The summed E-state index contributed by atoms with van der Waals surface area (Å²) in [5.41, 5.74) is 0.801. The van der Waals surface area contributed by atoms with Crippen LogP contribution in [0.2, 0.25) is 0 Å². The molecule has 0 aliphatic rings. The summed E-state index contributed by atoms with van der Waals surface area (Å²) in [6.07, 6.45) is 3.21. The third kappa shape index (κ3) is 2.80. The zero-order valence-electron chi connectivity index (χ0n) is 11.4. The highest BCUT2D eigenvalue weighted by molar-refractivity contribution is 9.10. The second-order valence-electron chi connectivity index (χ2n) is 4.31. The quantitative estimate of drug-likeness (QED) is 0.774. The Kier molecular flexibility index (Phi) is 3.96. The highest BCUT2D eigenvalue weighted by Crippen LogP contribution is 2.34. The molecule has 106 valence electrons. The summed E-state index contributed by atoms with van der Waals surface area (Å²) >= 11 is 3.47. The number of pyridine rings is 1. The second-order valence-corrected chi connectivity index (χ2v) is 5.10. The van der Waals surface area contributed by atoms with E-state index in [0.717, 1.165) is 17.4 Å². The SMILES string of the molecule is CCNc1ncnc(Oc2cccc3cccnc23)c1Br. The van der Waals surface area contributed by atoms with Crippen molar-refractivity contribution in [3.8, 4) is 11.6 Å². The Morgan fingerprint density at radius 3 is 2.86 bits per heavy atom. The van der Waals surface area contributed by atoms with Crippen LogP contribution in [-0.4, -0.2) is 21.5 Å². The lowest BCUT2D eigenvalue weighted by atomic mass is 10.2. The number of halogens is 1. The highest BCUT2D eigenvalue weighted by atomic mass is 79.9. The lowest BCUT2D eigenvalue weighted by Crippen LogP contribution is -2.02. The van der Waals surface area contributed by atoms with Crippen molar-refractivity contribution < 1.29 is 4.74 Å². The number of rotatable bonds is 4. The van der Waals surface area contributed by atoms with E-state index in [9.17, 15) is 0 Å². The van der Waals surface area contributed by atoms with E-state index in [-0.39, 0.29) is 0 Å². The van der Waals surface area contributed by atoms with Crippen LogP contribution in [0, 0.1) is 0 Å². The number of hydrogen-bond acceptors (Lipinski definition) is 5. The number of hydrogen-bond donors (Lipinski definition) is 1. The molecule has 3 rings (SSSR count). The van der Waals surface area contributed by atoms with Gasteiger partial charge in [-0.3, -0.25) is 4.98 Å². The molecule has 2 aromatic heterocycles. The Balaban J connectivity index is 2.01. The average Bonchev–Trinajstić information content (AvgIpc) is 2.52. The lowest BCUT2D eigenvalue weighted by Gasteiger charge is -2.11. The van der Waals surface area contributed by atoms with Gasteiger partial charge in [0.15, 0.2) is 5.75 Å². The molecular weight excluding hydrogens is 332 g/mol. The molecule has 1 N–H and O–H groups in total. The smallest absolute Gasteiger partial charge is 0.238 e. The van der Waals surface area contributed by atoms with Crippen molar-refractivity contribution in [2.45, 2.75) is 6.92 Å². The minimum Gasteiger partial charge on any atom is -0.435 e. The van der Waals surface area contributed by atoms with E-state index in [0.29, 0.717) is 21.9 Å². The Bertz CT molecular complexity index is 773. The molecule has 0 saturated heterocycles. The maximum atomic E-state index is 5.91. The van der Waals surface area contributed by atoms with Crippen LogP contribution in [0.1, 0.15) is 6.92 Å². The molecule has 6 heteroatoms. The van der Waals surface area contributed by atoms with Crippen LogP contribution >= 0.6 is 15.9 Å². The molecule has 2 heterocycles. The normalized spacial score (nSPS) is 10.6. The Morgan fingerprint density at radius 1 is 1.14 bits per heavy atom. The summed E-state index contributed by atoms with van der Waals surface area (Å²) in [4.78, 5) is 12.7. The number of anilines is 1. The van der Waals surface area contributed by atoms with E-state index in [1.165, 1.54) is 6.33 Å². The van der Waals surface area contributed by atoms with E-state index in [4.69, 9.17) is 4.74 Å². The van der Waals surface area contributed by atoms with Gasteiger partial charge in [0, 0.05) is 18.1 Å². The summed E-state index contributed by atoms with van der Waals surface area (Å²) in [5, 5.41) is 4.17. The third-order valence-corrected chi connectivity index (χ3v) is 3.62. The number of fused-ring (bicyclic) bond motifs is 1. The Morgan fingerprint density at radius 2 is 2.00 bits per heavy atom. The zero-order valence-corrected chi connectivity index (χ0v) is 13.0. The fourth-order valence-electron chi connectivity index (χ4n) is 1.98. The number of aromatic nitrogens is 3. The average molecular weight is 345 g/mol. The van der Waals surface area contributed by atoms with Crippen molar-refractivity contribution in [2.24, 2.45) is 0 Å². The van der Waals surface area contributed by atoms with Crippen molar-refractivity contribution in [3.05, 3.63) is 47.3 Å². The van der Waals surface area contributed by atoms with Crippen LogP contribution in [0.25, 0.3) is 10.9 Å². The van der Waals surface area contributed by atoms with Crippen LogP contribution in [-0.2, 0) is 0 Å². The highest BCUT2D eigenvalue weighted by Gasteiger charge is 2.12. The summed E-state index contributed by atoms with van der Waals surface area (Å²) in [7, 11) is 0. The monoisotopic (exact) mass is 344 g/mol. The molecular formula is C15H13BrN4O. The molecule has 0 radical (unpaired) electrons.